The maximum Gasteiger partial charge on any atom is 0.335 e. The van der Waals surface area contributed by atoms with Crippen molar-refractivity contribution in [2.45, 2.75) is 39.0 Å². The first kappa shape index (κ1) is 15.5. The lowest BCUT2D eigenvalue weighted by atomic mass is 9.93. The van der Waals surface area contributed by atoms with Gasteiger partial charge in [0, 0.05) is 0 Å². The molecule has 2 nitrogen and oxygen atoms in total. The summed E-state index contributed by atoms with van der Waals surface area (Å²) in [4.78, 5) is 11.3. The number of benzene rings is 3. The summed E-state index contributed by atoms with van der Waals surface area (Å²) in [5, 5.41) is 13.8. The second-order valence-electron chi connectivity index (χ2n) is 6.13. The van der Waals surface area contributed by atoms with Crippen LogP contribution in [0.15, 0.2) is 48.5 Å². The van der Waals surface area contributed by atoms with Crippen molar-refractivity contribution in [3.63, 3.8) is 0 Å². The van der Waals surface area contributed by atoms with Crippen LogP contribution in [0.3, 0.4) is 0 Å². The minimum atomic E-state index is -0.875. The lowest BCUT2D eigenvalue weighted by molar-refractivity contribution is 0.0697. The van der Waals surface area contributed by atoms with E-state index >= 15 is 0 Å². The van der Waals surface area contributed by atoms with Crippen molar-refractivity contribution >= 4 is 27.5 Å². The number of aryl methyl sites for hydroxylation is 1. The molecule has 0 spiro atoms. The maximum absolute atomic E-state index is 11.3. The summed E-state index contributed by atoms with van der Waals surface area (Å²) in [7, 11) is 0. The lowest BCUT2D eigenvalue weighted by Gasteiger charge is -2.11. The summed E-state index contributed by atoms with van der Waals surface area (Å²) in [5.74, 6) is -0.875. The molecule has 0 saturated carbocycles. The maximum atomic E-state index is 11.3. The molecule has 0 saturated heterocycles. The summed E-state index contributed by atoms with van der Waals surface area (Å²) in [5.41, 5.74) is 1.71. The molecule has 3 aromatic carbocycles. The van der Waals surface area contributed by atoms with Crippen LogP contribution in [0.1, 0.15) is 48.5 Å². The number of carbonyl (C=O) groups is 1. The predicted molar refractivity (Wildman–Crippen MR) is 96.3 cm³/mol. The molecule has 0 aliphatic heterocycles. The Morgan fingerprint density at radius 3 is 2.43 bits per heavy atom. The molecule has 0 atom stereocenters. The number of unbranched alkanes of at least 4 members (excludes halogenated alkanes) is 3. The van der Waals surface area contributed by atoms with Gasteiger partial charge in [-0.1, -0.05) is 62.6 Å². The van der Waals surface area contributed by atoms with Crippen LogP contribution in [-0.4, -0.2) is 11.1 Å². The summed E-state index contributed by atoms with van der Waals surface area (Å²) >= 11 is 0. The molecule has 1 N–H and O–H groups in total. The van der Waals surface area contributed by atoms with Crippen molar-refractivity contribution in [3.8, 4) is 0 Å². The standard InChI is InChI=1S/C21H22O2/c1-2-3-4-5-8-15-13-16-11-12-17(21(22)23)14-20(16)19-10-7-6-9-18(15)19/h6-7,9-14H,2-5,8H2,1H3,(H,22,23). The van der Waals surface area contributed by atoms with Crippen LogP contribution in [0.2, 0.25) is 0 Å². The number of aromatic carboxylic acids is 1. The van der Waals surface area contributed by atoms with Gasteiger partial charge in [0.05, 0.1) is 5.56 Å². The topological polar surface area (TPSA) is 37.3 Å². The first-order valence-electron chi connectivity index (χ1n) is 8.38. The first-order valence-corrected chi connectivity index (χ1v) is 8.38. The van der Waals surface area contributed by atoms with Gasteiger partial charge in [0.2, 0.25) is 0 Å². The molecule has 0 aliphatic carbocycles. The average Bonchev–Trinajstić information content (AvgIpc) is 2.58. The van der Waals surface area contributed by atoms with E-state index < -0.39 is 5.97 Å². The monoisotopic (exact) mass is 306 g/mol. The normalized spacial score (nSPS) is 11.2. The van der Waals surface area contributed by atoms with Gasteiger partial charge in [-0.2, -0.15) is 0 Å². The van der Waals surface area contributed by atoms with Crippen LogP contribution < -0.4 is 0 Å². The second kappa shape index (κ2) is 6.82. The Kier molecular flexibility index (Phi) is 4.61. The van der Waals surface area contributed by atoms with Crippen LogP contribution in [-0.2, 0) is 6.42 Å². The predicted octanol–water partition coefficient (Wildman–Crippen LogP) is 5.81. The Morgan fingerprint density at radius 1 is 0.913 bits per heavy atom. The Balaban J connectivity index is 2.10. The minimum Gasteiger partial charge on any atom is -0.478 e. The summed E-state index contributed by atoms with van der Waals surface area (Å²) < 4.78 is 0. The molecular formula is C21H22O2. The molecular weight excluding hydrogens is 284 g/mol. The Labute approximate surface area is 136 Å². The van der Waals surface area contributed by atoms with Gasteiger partial charge in [-0.3, -0.25) is 0 Å². The van der Waals surface area contributed by atoms with Gasteiger partial charge < -0.3 is 5.11 Å². The highest BCUT2D eigenvalue weighted by Gasteiger charge is 2.09. The zero-order valence-electron chi connectivity index (χ0n) is 13.5. The van der Waals surface area contributed by atoms with Crippen molar-refractivity contribution < 1.29 is 9.90 Å². The van der Waals surface area contributed by atoms with Crippen LogP contribution in [0.5, 0.6) is 0 Å². The molecule has 0 aliphatic rings. The molecule has 0 heterocycles. The molecule has 118 valence electrons. The van der Waals surface area contributed by atoms with E-state index in [1.165, 1.54) is 36.6 Å². The van der Waals surface area contributed by atoms with Crippen LogP contribution in [0.25, 0.3) is 21.5 Å². The van der Waals surface area contributed by atoms with Crippen molar-refractivity contribution in [1.29, 1.82) is 0 Å². The fraction of sp³-hybridized carbons (Fsp3) is 0.286. The van der Waals surface area contributed by atoms with E-state index in [4.69, 9.17) is 0 Å². The highest BCUT2D eigenvalue weighted by molar-refractivity contribution is 6.10. The Bertz CT molecular complexity index is 849. The van der Waals surface area contributed by atoms with Crippen LogP contribution in [0, 0.1) is 0 Å². The summed E-state index contributed by atoms with van der Waals surface area (Å²) in [6.07, 6.45) is 6.08. The average molecular weight is 306 g/mol. The number of hydrogen-bond donors (Lipinski definition) is 1. The van der Waals surface area contributed by atoms with Crippen LogP contribution in [0.4, 0.5) is 0 Å². The summed E-state index contributed by atoms with van der Waals surface area (Å²) in [6.45, 7) is 2.23. The minimum absolute atomic E-state index is 0.346. The van der Waals surface area contributed by atoms with Gasteiger partial charge in [-0.05, 0) is 52.1 Å². The highest BCUT2D eigenvalue weighted by atomic mass is 16.4. The lowest BCUT2D eigenvalue weighted by Crippen LogP contribution is -1.96. The third-order valence-corrected chi connectivity index (χ3v) is 4.49. The quantitative estimate of drug-likeness (QED) is 0.460. The SMILES string of the molecule is CCCCCCc1cc2ccc(C(=O)O)cc2c2ccccc12. The van der Waals surface area contributed by atoms with E-state index in [9.17, 15) is 9.90 Å². The number of fused-ring (bicyclic) bond motifs is 3. The van der Waals surface area contributed by atoms with Gasteiger partial charge in [-0.15, -0.1) is 0 Å². The number of hydrogen-bond acceptors (Lipinski definition) is 1. The van der Waals surface area contributed by atoms with Crippen molar-refractivity contribution in [2.75, 3.05) is 0 Å². The van der Waals surface area contributed by atoms with E-state index in [-0.39, 0.29) is 0 Å². The second-order valence-corrected chi connectivity index (χ2v) is 6.13. The molecule has 0 unspecified atom stereocenters. The molecule has 0 bridgehead atoms. The fourth-order valence-corrected chi connectivity index (χ4v) is 3.26. The number of rotatable bonds is 6. The van der Waals surface area contributed by atoms with Crippen molar-refractivity contribution in [1.82, 2.24) is 0 Å². The molecule has 3 aromatic rings. The van der Waals surface area contributed by atoms with Gasteiger partial charge in [-0.25, -0.2) is 4.79 Å². The van der Waals surface area contributed by atoms with E-state index in [1.54, 1.807) is 12.1 Å². The van der Waals surface area contributed by atoms with Gasteiger partial charge in [0.25, 0.3) is 0 Å². The van der Waals surface area contributed by atoms with E-state index in [1.807, 2.05) is 12.1 Å². The van der Waals surface area contributed by atoms with E-state index in [0.717, 1.165) is 22.6 Å². The smallest absolute Gasteiger partial charge is 0.335 e. The fourth-order valence-electron chi connectivity index (χ4n) is 3.26. The van der Waals surface area contributed by atoms with Gasteiger partial charge in [0.15, 0.2) is 0 Å². The molecule has 2 heteroatoms. The molecule has 0 fully saturated rings. The number of carboxylic acids is 1. The first-order chi connectivity index (χ1) is 11.2. The molecule has 0 aromatic heterocycles. The molecule has 0 amide bonds. The summed E-state index contributed by atoms with van der Waals surface area (Å²) in [6, 6.07) is 16.0. The zero-order chi connectivity index (χ0) is 16.2. The van der Waals surface area contributed by atoms with E-state index in [0.29, 0.717) is 5.56 Å². The third kappa shape index (κ3) is 3.21. The third-order valence-electron chi connectivity index (χ3n) is 4.49. The molecule has 3 rings (SSSR count). The number of carboxylic acid groups (broad SMARTS) is 1. The van der Waals surface area contributed by atoms with Gasteiger partial charge in [0.1, 0.15) is 0 Å². The van der Waals surface area contributed by atoms with E-state index in [2.05, 4.69) is 31.2 Å². The van der Waals surface area contributed by atoms with Crippen molar-refractivity contribution in [2.24, 2.45) is 0 Å². The van der Waals surface area contributed by atoms with Crippen molar-refractivity contribution in [3.05, 3.63) is 59.7 Å². The Hall–Kier alpha value is -2.35. The van der Waals surface area contributed by atoms with Crippen LogP contribution >= 0.6 is 0 Å². The molecule has 23 heavy (non-hydrogen) atoms. The largest absolute Gasteiger partial charge is 0.478 e. The molecule has 0 radical (unpaired) electrons. The highest BCUT2D eigenvalue weighted by Crippen LogP contribution is 2.30. The Morgan fingerprint density at radius 2 is 1.70 bits per heavy atom. The zero-order valence-corrected chi connectivity index (χ0v) is 13.5. The van der Waals surface area contributed by atoms with Gasteiger partial charge >= 0.3 is 5.97 Å².